The van der Waals surface area contributed by atoms with Gasteiger partial charge in [-0.25, -0.2) is 9.29 Å². The van der Waals surface area contributed by atoms with Crippen molar-refractivity contribution in [2.75, 3.05) is 4.90 Å². The van der Waals surface area contributed by atoms with Crippen molar-refractivity contribution in [3.8, 4) is 0 Å². The molecule has 2 heterocycles. The van der Waals surface area contributed by atoms with Crippen molar-refractivity contribution in [2.24, 2.45) is 0 Å². The van der Waals surface area contributed by atoms with Crippen LogP contribution in [0.15, 0.2) is 72.7 Å². The van der Waals surface area contributed by atoms with E-state index < -0.39 is 11.7 Å². The predicted molar refractivity (Wildman–Crippen MR) is 105 cm³/mol. The quantitative estimate of drug-likeness (QED) is 0.559. The van der Waals surface area contributed by atoms with E-state index in [0.29, 0.717) is 6.54 Å². The van der Waals surface area contributed by atoms with Gasteiger partial charge < -0.3 is 5.32 Å². The van der Waals surface area contributed by atoms with Crippen molar-refractivity contribution in [3.63, 3.8) is 0 Å². The Balaban J connectivity index is 1.56. The second kappa shape index (κ2) is 7.13. The van der Waals surface area contributed by atoms with Crippen LogP contribution in [0.5, 0.6) is 0 Å². The number of anilines is 1. The third-order valence-corrected chi connectivity index (χ3v) is 4.41. The molecule has 0 saturated carbocycles. The smallest absolute Gasteiger partial charge is 0.281 e. The highest BCUT2D eigenvalue weighted by Gasteiger charge is 2.33. The number of thiocarbonyl (C=S) groups is 1. The Morgan fingerprint density at radius 1 is 1.11 bits per heavy atom. The monoisotopic (exact) mass is 378 g/mol. The third kappa shape index (κ3) is 3.50. The molecule has 1 N–H and O–H groups in total. The van der Waals surface area contributed by atoms with Crippen molar-refractivity contribution in [1.29, 1.82) is 0 Å². The van der Waals surface area contributed by atoms with E-state index in [4.69, 9.17) is 12.2 Å². The number of halogens is 1. The van der Waals surface area contributed by atoms with Gasteiger partial charge >= 0.3 is 0 Å². The van der Waals surface area contributed by atoms with Crippen LogP contribution in [0, 0.1) is 5.82 Å². The number of carbonyl (C=O) groups is 1. The van der Waals surface area contributed by atoms with E-state index in [-0.39, 0.29) is 16.5 Å². The fourth-order valence-corrected chi connectivity index (χ4v) is 3.16. The van der Waals surface area contributed by atoms with Crippen LogP contribution in [-0.2, 0) is 11.3 Å². The molecule has 0 bridgehead atoms. The maximum absolute atomic E-state index is 14.0. The zero-order chi connectivity index (χ0) is 18.8. The maximum Gasteiger partial charge on any atom is 0.281 e. The van der Waals surface area contributed by atoms with Gasteiger partial charge in [-0.2, -0.15) is 5.10 Å². The zero-order valence-corrected chi connectivity index (χ0v) is 15.0. The topological polar surface area (TPSA) is 50.2 Å². The summed E-state index contributed by atoms with van der Waals surface area (Å²) in [6.45, 7) is 0.630. The minimum Gasteiger partial charge on any atom is -0.327 e. The summed E-state index contributed by atoms with van der Waals surface area (Å²) in [7, 11) is 0. The highest BCUT2D eigenvalue weighted by atomic mass is 32.1. The molecule has 3 aromatic rings. The molecule has 1 aromatic heterocycles. The molecule has 5 nitrogen and oxygen atoms in total. The fraction of sp³-hybridized carbons (Fsp3) is 0.0500. The summed E-state index contributed by atoms with van der Waals surface area (Å²) in [5.74, 6) is -0.909. The van der Waals surface area contributed by atoms with E-state index in [9.17, 15) is 9.18 Å². The van der Waals surface area contributed by atoms with Gasteiger partial charge in [0.25, 0.3) is 5.91 Å². The lowest BCUT2D eigenvalue weighted by Crippen LogP contribution is -2.31. The first kappa shape index (κ1) is 17.1. The molecule has 1 aliphatic heterocycles. The number of nitrogens with one attached hydrogen (secondary N) is 1. The van der Waals surface area contributed by atoms with Crippen LogP contribution in [0.3, 0.4) is 0 Å². The fourth-order valence-electron chi connectivity index (χ4n) is 2.86. The Labute approximate surface area is 160 Å². The molecule has 1 aliphatic rings. The molecule has 7 heteroatoms. The van der Waals surface area contributed by atoms with Gasteiger partial charge in [-0.05, 0) is 36.0 Å². The lowest BCUT2D eigenvalue weighted by atomic mass is 10.2. The van der Waals surface area contributed by atoms with E-state index in [1.54, 1.807) is 29.1 Å². The average molecular weight is 378 g/mol. The molecule has 0 aliphatic carbocycles. The van der Waals surface area contributed by atoms with Crippen LogP contribution < -0.4 is 10.2 Å². The molecular formula is C20H15FN4OS. The summed E-state index contributed by atoms with van der Waals surface area (Å²) in [6.07, 6.45) is 5.16. The number of carbonyl (C=O) groups excluding carboxylic acids is 1. The third-order valence-electron chi connectivity index (χ3n) is 4.12. The molecule has 134 valence electrons. The summed E-state index contributed by atoms with van der Waals surface area (Å²) in [4.78, 5) is 13.8. The molecule has 0 atom stereocenters. The molecule has 2 aromatic carbocycles. The standard InChI is InChI=1S/C20H15FN4OS/c21-16-8-4-5-9-18(16)25-19(26)17(23-20(25)27)10-15-11-22-24(13-15)12-14-6-2-1-3-7-14/h1-11,13H,12H2,(H,23,27)/b17-10+. The van der Waals surface area contributed by atoms with Crippen molar-refractivity contribution in [2.45, 2.75) is 6.54 Å². The van der Waals surface area contributed by atoms with Gasteiger partial charge in [0.1, 0.15) is 11.5 Å². The minimum absolute atomic E-state index is 0.128. The number of nitrogens with zero attached hydrogens (tertiary/aromatic N) is 3. The molecule has 0 radical (unpaired) electrons. The average Bonchev–Trinajstić information content (AvgIpc) is 3.21. The first-order chi connectivity index (χ1) is 13.1. The van der Waals surface area contributed by atoms with E-state index in [1.165, 1.54) is 12.1 Å². The summed E-state index contributed by atoms with van der Waals surface area (Å²) in [5.41, 5.74) is 2.28. The molecule has 4 rings (SSSR count). The second-order valence-corrected chi connectivity index (χ2v) is 6.42. The van der Waals surface area contributed by atoms with E-state index >= 15 is 0 Å². The van der Waals surface area contributed by atoms with Crippen LogP contribution in [-0.4, -0.2) is 20.8 Å². The molecule has 1 fully saturated rings. The van der Waals surface area contributed by atoms with Crippen molar-refractivity contribution in [3.05, 3.63) is 89.6 Å². The van der Waals surface area contributed by atoms with Crippen LogP contribution in [0.1, 0.15) is 11.1 Å². The molecule has 0 unspecified atom stereocenters. The number of rotatable bonds is 4. The number of benzene rings is 2. The molecule has 27 heavy (non-hydrogen) atoms. The van der Waals surface area contributed by atoms with Crippen LogP contribution in [0.2, 0.25) is 0 Å². The highest BCUT2D eigenvalue weighted by molar-refractivity contribution is 7.80. The highest BCUT2D eigenvalue weighted by Crippen LogP contribution is 2.25. The van der Waals surface area contributed by atoms with Gasteiger partial charge in [0.05, 0.1) is 18.4 Å². The van der Waals surface area contributed by atoms with Gasteiger partial charge in [0.15, 0.2) is 5.11 Å². The Hall–Kier alpha value is -3.32. The van der Waals surface area contributed by atoms with Gasteiger partial charge in [-0.15, -0.1) is 0 Å². The number of para-hydroxylation sites is 1. The van der Waals surface area contributed by atoms with Gasteiger partial charge in [-0.1, -0.05) is 42.5 Å². The van der Waals surface area contributed by atoms with E-state index in [1.807, 2.05) is 36.5 Å². The lowest BCUT2D eigenvalue weighted by Gasteiger charge is -2.14. The van der Waals surface area contributed by atoms with Crippen LogP contribution >= 0.6 is 12.2 Å². The van der Waals surface area contributed by atoms with Crippen molar-refractivity contribution in [1.82, 2.24) is 15.1 Å². The zero-order valence-electron chi connectivity index (χ0n) is 14.2. The summed E-state index contributed by atoms with van der Waals surface area (Å²) < 4.78 is 15.8. The van der Waals surface area contributed by atoms with Crippen LogP contribution in [0.25, 0.3) is 6.08 Å². The second-order valence-electron chi connectivity index (χ2n) is 6.04. The Kier molecular flexibility index (Phi) is 4.52. The largest absolute Gasteiger partial charge is 0.327 e. The molecular weight excluding hydrogens is 363 g/mol. The van der Waals surface area contributed by atoms with Gasteiger partial charge in [0.2, 0.25) is 0 Å². The Morgan fingerprint density at radius 3 is 2.63 bits per heavy atom. The molecule has 0 spiro atoms. The van der Waals surface area contributed by atoms with E-state index in [2.05, 4.69) is 10.4 Å². The normalized spacial score (nSPS) is 15.4. The first-order valence-corrected chi connectivity index (χ1v) is 8.71. The van der Waals surface area contributed by atoms with Gasteiger partial charge in [-0.3, -0.25) is 9.48 Å². The molecule has 1 saturated heterocycles. The Morgan fingerprint density at radius 2 is 1.85 bits per heavy atom. The number of hydrogen-bond donors (Lipinski definition) is 1. The summed E-state index contributed by atoms with van der Waals surface area (Å²) >= 11 is 5.21. The predicted octanol–water partition coefficient (Wildman–Crippen LogP) is 3.33. The number of hydrogen-bond acceptors (Lipinski definition) is 3. The van der Waals surface area contributed by atoms with Crippen molar-refractivity contribution >= 4 is 35.0 Å². The number of amides is 1. The first-order valence-electron chi connectivity index (χ1n) is 8.30. The van der Waals surface area contributed by atoms with Gasteiger partial charge in [0, 0.05) is 11.8 Å². The number of aromatic nitrogens is 2. The Bertz CT molecular complexity index is 1040. The lowest BCUT2D eigenvalue weighted by molar-refractivity contribution is -0.113. The maximum atomic E-state index is 14.0. The SMILES string of the molecule is O=C1/C(=C\c2cnn(Cc3ccccc3)c2)NC(=S)N1c1ccccc1F. The minimum atomic E-state index is -0.507. The molecule has 1 amide bonds. The summed E-state index contributed by atoms with van der Waals surface area (Å²) in [6, 6.07) is 16.0. The van der Waals surface area contributed by atoms with E-state index in [0.717, 1.165) is 16.0 Å². The van der Waals surface area contributed by atoms with Crippen LogP contribution in [0.4, 0.5) is 10.1 Å². The van der Waals surface area contributed by atoms with Crippen molar-refractivity contribution < 1.29 is 9.18 Å². The summed E-state index contributed by atoms with van der Waals surface area (Å²) in [5, 5.41) is 7.31.